The van der Waals surface area contributed by atoms with Crippen molar-refractivity contribution in [1.82, 2.24) is 10.6 Å². The highest BCUT2D eigenvalue weighted by Gasteiger charge is 2.08. The molecule has 0 saturated heterocycles. The Morgan fingerprint density at radius 1 is 0.571 bits per heavy atom. The SMILES string of the molecule is O=C(O)c1ccc(C(=O)NCCCCNC(=O)c2ccc(C(=O)O)cc2)cc1. The number of amides is 2. The number of carbonyl (C=O) groups is 4. The summed E-state index contributed by atoms with van der Waals surface area (Å²) in [6.45, 7) is 0.839. The van der Waals surface area contributed by atoms with Crippen molar-refractivity contribution < 1.29 is 29.4 Å². The lowest BCUT2D eigenvalue weighted by Crippen LogP contribution is -2.27. The molecule has 8 heteroatoms. The van der Waals surface area contributed by atoms with Crippen LogP contribution in [0.1, 0.15) is 54.3 Å². The second kappa shape index (κ2) is 9.86. The second-order valence-electron chi connectivity index (χ2n) is 5.98. The molecule has 0 aliphatic rings. The highest BCUT2D eigenvalue weighted by Crippen LogP contribution is 2.05. The maximum Gasteiger partial charge on any atom is 0.335 e. The number of rotatable bonds is 9. The Morgan fingerprint density at radius 3 is 1.14 bits per heavy atom. The maximum absolute atomic E-state index is 12.0. The van der Waals surface area contributed by atoms with Gasteiger partial charge in [-0.25, -0.2) is 9.59 Å². The molecule has 0 atom stereocenters. The van der Waals surface area contributed by atoms with Gasteiger partial charge in [-0.05, 0) is 61.4 Å². The van der Waals surface area contributed by atoms with Crippen molar-refractivity contribution in [1.29, 1.82) is 0 Å². The van der Waals surface area contributed by atoms with Crippen molar-refractivity contribution in [3.05, 3.63) is 70.8 Å². The van der Waals surface area contributed by atoms with E-state index in [1.54, 1.807) is 0 Å². The van der Waals surface area contributed by atoms with Crippen LogP contribution >= 0.6 is 0 Å². The zero-order valence-corrected chi connectivity index (χ0v) is 15.0. The molecule has 0 spiro atoms. The van der Waals surface area contributed by atoms with Gasteiger partial charge in [0.05, 0.1) is 11.1 Å². The molecule has 0 aliphatic carbocycles. The fourth-order valence-electron chi connectivity index (χ4n) is 2.39. The van der Waals surface area contributed by atoms with Gasteiger partial charge in [0.2, 0.25) is 0 Å². The summed E-state index contributed by atoms with van der Waals surface area (Å²) >= 11 is 0. The predicted molar refractivity (Wildman–Crippen MR) is 101 cm³/mol. The summed E-state index contributed by atoms with van der Waals surface area (Å²) in [5.74, 6) is -2.68. The number of carboxylic acid groups (broad SMARTS) is 2. The number of unbranched alkanes of at least 4 members (excludes halogenated alkanes) is 1. The van der Waals surface area contributed by atoms with E-state index >= 15 is 0 Å². The minimum Gasteiger partial charge on any atom is -0.478 e. The molecule has 0 saturated carbocycles. The third kappa shape index (κ3) is 5.94. The van der Waals surface area contributed by atoms with Crippen molar-refractivity contribution in [2.45, 2.75) is 12.8 Å². The van der Waals surface area contributed by atoms with Crippen LogP contribution in [-0.2, 0) is 0 Å². The molecule has 2 amide bonds. The first-order valence-electron chi connectivity index (χ1n) is 8.61. The Morgan fingerprint density at radius 2 is 0.857 bits per heavy atom. The van der Waals surface area contributed by atoms with Gasteiger partial charge in [-0.3, -0.25) is 9.59 Å². The first-order valence-corrected chi connectivity index (χ1v) is 8.61. The van der Waals surface area contributed by atoms with Crippen molar-refractivity contribution in [2.75, 3.05) is 13.1 Å². The van der Waals surface area contributed by atoms with Gasteiger partial charge >= 0.3 is 11.9 Å². The molecule has 0 aromatic heterocycles. The third-order valence-corrected chi connectivity index (χ3v) is 3.96. The quantitative estimate of drug-likeness (QED) is 0.489. The van der Waals surface area contributed by atoms with E-state index < -0.39 is 11.9 Å². The van der Waals surface area contributed by atoms with Crippen molar-refractivity contribution in [3.63, 3.8) is 0 Å². The van der Waals surface area contributed by atoms with Crippen LogP contribution in [-0.4, -0.2) is 47.1 Å². The standard InChI is InChI=1S/C20H20N2O6/c23-17(13-3-7-15(8-4-13)19(25)26)21-11-1-2-12-22-18(24)14-5-9-16(10-6-14)20(27)28/h3-10H,1-2,11-12H2,(H,21,23)(H,22,24)(H,25,26)(H,27,28). The van der Waals surface area contributed by atoms with Gasteiger partial charge in [0.15, 0.2) is 0 Å². The van der Waals surface area contributed by atoms with Crippen molar-refractivity contribution >= 4 is 23.8 Å². The monoisotopic (exact) mass is 384 g/mol. The number of aromatic carboxylic acids is 2. The molecule has 0 fully saturated rings. The number of hydrogen-bond donors (Lipinski definition) is 4. The van der Waals surface area contributed by atoms with Crippen LogP contribution in [0.15, 0.2) is 48.5 Å². The molecule has 0 aliphatic heterocycles. The van der Waals surface area contributed by atoms with E-state index in [-0.39, 0.29) is 22.9 Å². The average molecular weight is 384 g/mol. The number of hydrogen-bond acceptors (Lipinski definition) is 4. The van der Waals surface area contributed by atoms with E-state index in [1.807, 2.05) is 0 Å². The van der Waals surface area contributed by atoms with E-state index in [4.69, 9.17) is 10.2 Å². The van der Waals surface area contributed by atoms with Gasteiger partial charge in [0.25, 0.3) is 11.8 Å². The molecule has 146 valence electrons. The number of benzene rings is 2. The summed E-state index contributed by atoms with van der Waals surface area (Å²) in [6, 6.07) is 11.3. The van der Waals surface area contributed by atoms with Crippen LogP contribution in [0.5, 0.6) is 0 Å². The molecule has 28 heavy (non-hydrogen) atoms. The first kappa shape index (κ1) is 20.6. The van der Waals surface area contributed by atoms with E-state index in [9.17, 15) is 19.2 Å². The molecule has 2 aromatic carbocycles. The number of carbonyl (C=O) groups excluding carboxylic acids is 2. The lowest BCUT2D eigenvalue weighted by Gasteiger charge is -2.07. The summed E-state index contributed by atoms with van der Waals surface area (Å²) in [7, 11) is 0. The van der Waals surface area contributed by atoms with Crippen LogP contribution in [0.4, 0.5) is 0 Å². The van der Waals surface area contributed by atoms with E-state index in [0.717, 1.165) is 0 Å². The summed E-state index contributed by atoms with van der Waals surface area (Å²) in [5, 5.41) is 23.1. The molecule has 4 N–H and O–H groups in total. The Hall–Kier alpha value is -3.68. The average Bonchev–Trinajstić information content (AvgIpc) is 2.70. The van der Waals surface area contributed by atoms with Crippen LogP contribution < -0.4 is 10.6 Å². The van der Waals surface area contributed by atoms with E-state index in [2.05, 4.69) is 10.6 Å². The predicted octanol–water partition coefficient (Wildman–Crippen LogP) is 2.02. The topological polar surface area (TPSA) is 133 Å². The minimum absolute atomic E-state index is 0.116. The molecular formula is C20H20N2O6. The third-order valence-electron chi connectivity index (χ3n) is 3.96. The fraction of sp³-hybridized carbons (Fsp3) is 0.200. The van der Waals surface area contributed by atoms with Gasteiger partial charge in [0.1, 0.15) is 0 Å². The number of carboxylic acids is 2. The maximum atomic E-state index is 12.0. The summed E-state index contributed by atoms with van der Waals surface area (Å²) < 4.78 is 0. The van der Waals surface area contributed by atoms with Crippen LogP contribution in [0.2, 0.25) is 0 Å². The molecule has 0 heterocycles. The Balaban J connectivity index is 1.65. The molecule has 8 nitrogen and oxygen atoms in total. The van der Waals surface area contributed by atoms with Crippen LogP contribution in [0.3, 0.4) is 0 Å². The molecule has 0 bridgehead atoms. The van der Waals surface area contributed by atoms with E-state index in [1.165, 1.54) is 48.5 Å². The van der Waals surface area contributed by atoms with Crippen LogP contribution in [0, 0.1) is 0 Å². The van der Waals surface area contributed by atoms with Gasteiger partial charge in [-0.2, -0.15) is 0 Å². The van der Waals surface area contributed by atoms with Crippen molar-refractivity contribution in [2.24, 2.45) is 0 Å². The Labute approximate surface area is 161 Å². The summed E-state index contributed by atoms with van der Waals surface area (Å²) in [5.41, 5.74) is 0.987. The van der Waals surface area contributed by atoms with Gasteiger partial charge < -0.3 is 20.8 Å². The lowest BCUT2D eigenvalue weighted by molar-refractivity contribution is 0.0686. The van der Waals surface area contributed by atoms with Gasteiger partial charge in [-0.15, -0.1) is 0 Å². The smallest absolute Gasteiger partial charge is 0.335 e. The van der Waals surface area contributed by atoms with Gasteiger partial charge in [0, 0.05) is 24.2 Å². The molecule has 0 radical (unpaired) electrons. The van der Waals surface area contributed by atoms with Crippen molar-refractivity contribution in [3.8, 4) is 0 Å². The van der Waals surface area contributed by atoms with E-state index in [0.29, 0.717) is 37.1 Å². The fourth-order valence-corrected chi connectivity index (χ4v) is 2.39. The normalized spacial score (nSPS) is 10.1. The number of nitrogens with one attached hydrogen (secondary N) is 2. The Bertz CT molecular complexity index is 786. The van der Waals surface area contributed by atoms with Crippen LogP contribution in [0.25, 0.3) is 0 Å². The second-order valence-corrected chi connectivity index (χ2v) is 5.98. The highest BCUT2D eigenvalue weighted by atomic mass is 16.4. The Kier molecular flexibility index (Phi) is 7.27. The molecular weight excluding hydrogens is 364 g/mol. The summed E-state index contributed by atoms with van der Waals surface area (Å²) in [6.07, 6.45) is 1.30. The summed E-state index contributed by atoms with van der Waals surface area (Å²) in [4.78, 5) is 45.5. The zero-order valence-electron chi connectivity index (χ0n) is 15.0. The highest BCUT2D eigenvalue weighted by molar-refractivity contribution is 5.96. The zero-order chi connectivity index (χ0) is 20.5. The largest absolute Gasteiger partial charge is 0.478 e. The first-order chi connectivity index (χ1) is 13.4. The lowest BCUT2D eigenvalue weighted by atomic mass is 10.1. The molecule has 2 rings (SSSR count). The minimum atomic E-state index is -1.05. The van der Waals surface area contributed by atoms with Gasteiger partial charge in [-0.1, -0.05) is 0 Å². The molecule has 0 unspecified atom stereocenters. The molecule has 2 aromatic rings.